The minimum absolute atomic E-state index is 0.0395. The van der Waals surface area contributed by atoms with Gasteiger partial charge in [0.25, 0.3) is 0 Å². The summed E-state index contributed by atoms with van der Waals surface area (Å²) < 4.78 is 0. The Morgan fingerprint density at radius 3 is 2.70 bits per heavy atom. The molecule has 1 aromatic carbocycles. The molecule has 30 heavy (non-hydrogen) atoms. The first kappa shape index (κ1) is 22.8. The van der Waals surface area contributed by atoms with Crippen molar-refractivity contribution in [3.8, 4) is 0 Å². The molecule has 0 aliphatic carbocycles. The molecule has 0 spiro atoms. The van der Waals surface area contributed by atoms with E-state index in [1.54, 1.807) is 0 Å². The summed E-state index contributed by atoms with van der Waals surface area (Å²) in [4.78, 5) is 14.7. The second-order valence-electron chi connectivity index (χ2n) is 8.66. The van der Waals surface area contributed by atoms with Crippen LogP contribution in [0.15, 0.2) is 36.0 Å². The van der Waals surface area contributed by atoms with Crippen molar-refractivity contribution in [1.29, 1.82) is 0 Å². The molecule has 0 aromatic heterocycles. The monoisotopic (exact) mass is 414 g/mol. The fraction of sp³-hybridized carbons (Fsp3) is 0.625. The molecular formula is C24H38N4O2. The maximum absolute atomic E-state index is 12.4. The number of aryl methyl sites for hydroxylation is 1. The Labute approximate surface area is 181 Å². The van der Waals surface area contributed by atoms with Crippen LogP contribution in [-0.2, 0) is 4.79 Å². The number of hydrogen-bond donors (Lipinski definition) is 3. The van der Waals surface area contributed by atoms with E-state index >= 15 is 0 Å². The molecule has 1 amide bonds. The molecule has 0 radical (unpaired) electrons. The molecule has 3 N–H and O–H groups in total. The molecular weight excluding hydrogens is 376 g/mol. The van der Waals surface area contributed by atoms with E-state index in [-0.39, 0.29) is 24.6 Å². The Balaban J connectivity index is 1.73. The van der Waals surface area contributed by atoms with Gasteiger partial charge in [-0.3, -0.25) is 9.69 Å². The minimum atomic E-state index is 0.0395. The van der Waals surface area contributed by atoms with Gasteiger partial charge in [0.2, 0.25) is 5.91 Å². The summed E-state index contributed by atoms with van der Waals surface area (Å²) in [5, 5.41) is 14.2. The maximum Gasteiger partial charge on any atom is 0.234 e. The second kappa shape index (κ2) is 10.9. The van der Waals surface area contributed by atoms with Gasteiger partial charge in [-0.05, 0) is 38.3 Å². The van der Waals surface area contributed by atoms with E-state index in [0.29, 0.717) is 25.6 Å². The molecule has 1 fully saturated rings. The van der Waals surface area contributed by atoms with Gasteiger partial charge < -0.3 is 15.4 Å². The first-order valence-electron chi connectivity index (χ1n) is 11.5. The number of nitrogens with one attached hydrogen (secondary N) is 2. The quantitative estimate of drug-likeness (QED) is 0.514. The molecule has 3 rings (SSSR count). The van der Waals surface area contributed by atoms with Crippen molar-refractivity contribution in [2.75, 3.05) is 26.2 Å². The van der Waals surface area contributed by atoms with Gasteiger partial charge in [0.05, 0.1) is 18.6 Å². The third-order valence-corrected chi connectivity index (χ3v) is 6.26. The highest BCUT2D eigenvalue weighted by atomic mass is 16.3. The standard InChI is InChI=1S/C24H38N4O2/c1-4-5-6-8-21-16-27(17-24(30)25-13-7-14-29)19(3)23-15-22(26-28(21)23)20-11-9-18(2)10-12-20/h9-12,15,19,21-22,26,29H,4-8,13-14,16-17H2,1-3H3,(H,25,30). The number of hydrazine groups is 1. The van der Waals surface area contributed by atoms with Gasteiger partial charge in [-0.2, -0.15) is 0 Å². The Morgan fingerprint density at radius 2 is 2.00 bits per heavy atom. The van der Waals surface area contributed by atoms with E-state index in [2.05, 4.69) is 71.8 Å². The Morgan fingerprint density at radius 1 is 1.23 bits per heavy atom. The molecule has 0 bridgehead atoms. The smallest absolute Gasteiger partial charge is 0.234 e. The summed E-state index contributed by atoms with van der Waals surface area (Å²) in [6.07, 6.45) is 7.70. The van der Waals surface area contributed by atoms with Crippen molar-refractivity contribution in [1.82, 2.24) is 20.7 Å². The van der Waals surface area contributed by atoms with Crippen LogP contribution < -0.4 is 10.7 Å². The number of nitrogens with zero attached hydrogens (tertiary/aromatic N) is 2. The highest BCUT2D eigenvalue weighted by Crippen LogP contribution is 2.34. The number of unbranched alkanes of at least 4 members (excludes halogenated alkanes) is 2. The predicted octanol–water partition coefficient (Wildman–Crippen LogP) is 2.89. The average molecular weight is 415 g/mol. The normalized spacial score (nSPS) is 23.9. The zero-order valence-electron chi connectivity index (χ0n) is 18.7. The lowest BCUT2D eigenvalue weighted by Crippen LogP contribution is -2.59. The number of amides is 1. The molecule has 2 heterocycles. The van der Waals surface area contributed by atoms with Crippen molar-refractivity contribution < 1.29 is 9.90 Å². The lowest BCUT2D eigenvalue weighted by atomic mass is 9.99. The number of carbonyl (C=O) groups is 1. The molecule has 166 valence electrons. The topological polar surface area (TPSA) is 67.8 Å². The summed E-state index contributed by atoms with van der Waals surface area (Å²) in [6.45, 7) is 8.46. The number of fused-ring (bicyclic) bond motifs is 1. The second-order valence-corrected chi connectivity index (χ2v) is 8.66. The molecule has 3 unspecified atom stereocenters. The van der Waals surface area contributed by atoms with E-state index in [9.17, 15) is 4.79 Å². The minimum Gasteiger partial charge on any atom is -0.396 e. The molecule has 0 saturated carbocycles. The first-order chi connectivity index (χ1) is 14.5. The SMILES string of the molecule is CCCCCC1CN(CC(=O)NCCCO)C(C)C2=CC(c3ccc(C)cc3)NN21. The van der Waals surface area contributed by atoms with Crippen LogP contribution in [0, 0.1) is 6.92 Å². The van der Waals surface area contributed by atoms with E-state index in [1.165, 1.54) is 36.1 Å². The predicted molar refractivity (Wildman–Crippen MR) is 121 cm³/mol. The van der Waals surface area contributed by atoms with E-state index in [1.807, 2.05) is 0 Å². The number of carbonyl (C=O) groups excluding carboxylic acids is 1. The fourth-order valence-corrected chi connectivity index (χ4v) is 4.41. The summed E-state index contributed by atoms with van der Waals surface area (Å²) in [5.74, 6) is 0.0395. The van der Waals surface area contributed by atoms with Crippen LogP contribution in [0.2, 0.25) is 0 Å². The van der Waals surface area contributed by atoms with E-state index < -0.39 is 0 Å². The van der Waals surface area contributed by atoms with Crippen molar-refractivity contribution in [3.05, 3.63) is 47.2 Å². The van der Waals surface area contributed by atoms with E-state index in [4.69, 9.17) is 5.11 Å². The Bertz CT molecular complexity index is 718. The third-order valence-electron chi connectivity index (χ3n) is 6.26. The van der Waals surface area contributed by atoms with Crippen molar-refractivity contribution in [3.63, 3.8) is 0 Å². The molecule has 1 saturated heterocycles. The number of piperazine rings is 1. The number of aliphatic hydroxyl groups excluding tert-OH is 1. The fourth-order valence-electron chi connectivity index (χ4n) is 4.41. The van der Waals surface area contributed by atoms with Crippen molar-refractivity contribution >= 4 is 5.91 Å². The summed E-state index contributed by atoms with van der Waals surface area (Å²) in [5.41, 5.74) is 7.56. The van der Waals surface area contributed by atoms with Gasteiger partial charge in [-0.1, -0.05) is 56.0 Å². The molecule has 2 aliphatic rings. The van der Waals surface area contributed by atoms with E-state index in [0.717, 1.165) is 13.0 Å². The van der Waals surface area contributed by atoms with Crippen molar-refractivity contribution in [2.45, 2.75) is 71.0 Å². The van der Waals surface area contributed by atoms with Crippen LogP contribution in [0.5, 0.6) is 0 Å². The largest absolute Gasteiger partial charge is 0.396 e. The highest BCUT2D eigenvalue weighted by Gasteiger charge is 2.40. The van der Waals surface area contributed by atoms with Gasteiger partial charge in [-0.25, -0.2) is 5.43 Å². The van der Waals surface area contributed by atoms with Crippen LogP contribution in [-0.4, -0.2) is 59.2 Å². The van der Waals surface area contributed by atoms with Crippen LogP contribution in [0.3, 0.4) is 0 Å². The maximum atomic E-state index is 12.4. The summed E-state index contributed by atoms with van der Waals surface area (Å²) in [6, 6.07) is 9.45. The summed E-state index contributed by atoms with van der Waals surface area (Å²) in [7, 11) is 0. The van der Waals surface area contributed by atoms with Gasteiger partial charge in [0.1, 0.15) is 0 Å². The van der Waals surface area contributed by atoms with Gasteiger partial charge in [0.15, 0.2) is 0 Å². The molecule has 3 atom stereocenters. The summed E-state index contributed by atoms with van der Waals surface area (Å²) >= 11 is 0. The number of aliphatic hydroxyl groups is 1. The Kier molecular flexibility index (Phi) is 8.31. The van der Waals surface area contributed by atoms with Gasteiger partial charge >= 0.3 is 0 Å². The molecule has 6 nitrogen and oxygen atoms in total. The zero-order valence-corrected chi connectivity index (χ0v) is 18.7. The van der Waals surface area contributed by atoms with Crippen LogP contribution in [0.25, 0.3) is 0 Å². The molecule has 6 heteroatoms. The third kappa shape index (κ3) is 5.62. The zero-order chi connectivity index (χ0) is 21.5. The lowest BCUT2D eigenvalue weighted by molar-refractivity contribution is -0.123. The van der Waals surface area contributed by atoms with Gasteiger partial charge in [0, 0.05) is 31.4 Å². The van der Waals surface area contributed by atoms with Crippen LogP contribution >= 0.6 is 0 Å². The lowest BCUT2D eigenvalue weighted by Gasteiger charge is -2.46. The number of rotatable bonds is 10. The number of benzene rings is 1. The van der Waals surface area contributed by atoms with Crippen molar-refractivity contribution in [2.24, 2.45) is 0 Å². The highest BCUT2D eigenvalue weighted by molar-refractivity contribution is 5.78. The first-order valence-corrected chi connectivity index (χ1v) is 11.5. The van der Waals surface area contributed by atoms with Crippen LogP contribution in [0.4, 0.5) is 0 Å². The molecule has 2 aliphatic heterocycles. The molecule has 1 aromatic rings. The van der Waals surface area contributed by atoms with Gasteiger partial charge in [-0.15, -0.1) is 0 Å². The Hall–Kier alpha value is -1.89. The average Bonchev–Trinajstić information content (AvgIpc) is 3.18. The number of hydrogen-bond acceptors (Lipinski definition) is 5. The van der Waals surface area contributed by atoms with Crippen LogP contribution in [0.1, 0.15) is 63.1 Å².